The second-order valence-electron chi connectivity index (χ2n) is 6.66. The minimum absolute atomic E-state index is 0.346. The number of hydrogen-bond acceptors (Lipinski definition) is 3. The summed E-state index contributed by atoms with van der Waals surface area (Å²) in [4.78, 5) is 2.57. The van der Waals surface area contributed by atoms with Gasteiger partial charge in [-0.1, -0.05) is 6.92 Å². The van der Waals surface area contributed by atoms with Gasteiger partial charge in [0.1, 0.15) is 5.54 Å². The van der Waals surface area contributed by atoms with E-state index in [0.717, 1.165) is 12.3 Å². The highest BCUT2D eigenvalue weighted by atomic mass is 15.2. The van der Waals surface area contributed by atoms with Crippen LogP contribution in [-0.2, 0) is 0 Å². The SMILES string of the molecule is CC1CCCN(C(C)CC(C)(C#N)NC2CC2)C1. The van der Waals surface area contributed by atoms with Gasteiger partial charge in [-0.05, 0) is 58.4 Å². The van der Waals surface area contributed by atoms with Crippen molar-refractivity contribution in [2.45, 2.75) is 70.5 Å². The lowest BCUT2D eigenvalue weighted by Crippen LogP contribution is -2.49. The third-order valence-electron chi connectivity index (χ3n) is 4.36. The van der Waals surface area contributed by atoms with E-state index >= 15 is 0 Å². The monoisotopic (exact) mass is 249 g/mol. The highest BCUT2D eigenvalue weighted by molar-refractivity contribution is 5.08. The van der Waals surface area contributed by atoms with Crippen molar-refractivity contribution in [1.29, 1.82) is 5.26 Å². The fraction of sp³-hybridized carbons (Fsp3) is 0.933. The van der Waals surface area contributed by atoms with Gasteiger partial charge in [-0.25, -0.2) is 0 Å². The fourth-order valence-electron chi connectivity index (χ4n) is 3.16. The van der Waals surface area contributed by atoms with Gasteiger partial charge in [-0.15, -0.1) is 0 Å². The van der Waals surface area contributed by atoms with Crippen molar-refractivity contribution in [2.24, 2.45) is 5.92 Å². The third-order valence-corrected chi connectivity index (χ3v) is 4.36. The molecule has 0 aromatic carbocycles. The number of hydrogen-bond donors (Lipinski definition) is 1. The van der Waals surface area contributed by atoms with Crippen molar-refractivity contribution in [3.63, 3.8) is 0 Å². The molecule has 1 saturated heterocycles. The third kappa shape index (κ3) is 3.70. The summed E-state index contributed by atoms with van der Waals surface area (Å²) in [5.41, 5.74) is -0.346. The summed E-state index contributed by atoms with van der Waals surface area (Å²) in [6.07, 6.45) is 6.09. The quantitative estimate of drug-likeness (QED) is 0.814. The number of rotatable bonds is 5. The highest BCUT2D eigenvalue weighted by Crippen LogP contribution is 2.27. The van der Waals surface area contributed by atoms with Crippen LogP contribution in [0.25, 0.3) is 0 Å². The Balaban J connectivity index is 1.87. The Bertz CT molecular complexity index is 318. The zero-order valence-electron chi connectivity index (χ0n) is 12.1. The zero-order valence-corrected chi connectivity index (χ0v) is 12.1. The highest BCUT2D eigenvalue weighted by Gasteiger charge is 2.35. The lowest BCUT2D eigenvalue weighted by atomic mass is 9.91. The first-order chi connectivity index (χ1) is 8.52. The van der Waals surface area contributed by atoms with Crippen LogP contribution >= 0.6 is 0 Å². The van der Waals surface area contributed by atoms with Gasteiger partial charge in [0.05, 0.1) is 6.07 Å². The Morgan fingerprint density at radius 2 is 2.17 bits per heavy atom. The molecule has 0 radical (unpaired) electrons. The Kier molecular flexibility index (Phi) is 4.29. The number of piperidine rings is 1. The molecule has 3 heteroatoms. The average Bonchev–Trinajstić information content (AvgIpc) is 3.12. The van der Waals surface area contributed by atoms with E-state index in [2.05, 4.69) is 37.1 Å². The molecule has 2 fully saturated rings. The number of likely N-dealkylation sites (tertiary alicyclic amines) is 1. The average molecular weight is 249 g/mol. The Morgan fingerprint density at radius 1 is 1.44 bits per heavy atom. The van der Waals surface area contributed by atoms with Gasteiger partial charge in [0.25, 0.3) is 0 Å². The smallest absolute Gasteiger partial charge is 0.105 e. The van der Waals surface area contributed by atoms with Crippen molar-refractivity contribution in [2.75, 3.05) is 13.1 Å². The first-order valence-corrected chi connectivity index (χ1v) is 7.45. The van der Waals surface area contributed by atoms with Crippen molar-refractivity contribution in [1.82, 2.24) is 10.2 Å². The topological polar surface area (TPSA) is 39.1 Å². The first-order valence-electron chi connectivity index (χ1n) is 7.45. The number of nitrogens with one attached hydrogen (secondary N) is 1. The maximum atomic E-state index is 9.43. The summed E-state index contributed by atoms with van der Waals surface area (Å²) in [7, 11) is 0. The van der Waals surface area contributed by atoms with Gasteiger partial charge < -0.3 is 4.90 Å². The van der Waals surface area contributed by atoms with Gasteiger partial charge in [-0.2, -0.15) is 5.26 Å². The molecular weight excluding hydrogens is 222 g/mol. The molecule has 0 spiro atoms. The summed E-state index contributed by atoms with van der Waals surface area (Å²) in [6, 6.07) is 3.60. The van der Waals surface area contributed by atoms with Gasteiger partial charge in [-0.3, -0.25) is 5.32 Å². The van der Waals surface area contributed by atoms with Gasteiger partial charge >= 0.3 is 0 Å². The van der Waals surface area contributed by atoms with E-state index in [1.807, 2.05) is 0 Å². The molecule has 2 rings (SSSR count). The van der Waals surface area contributed by atoms with Crippen LogP contribution in [0.2, 0.25) is 0 Å². The Morgan fingerprint density at radius 3 is 2.72 bits per heavy atom. The zero-order chi connectivity index (χ0) is 13.2. The van der Waals surface area contributed by atoms with Crippen molar-refractivity contribution in [3.05, 3.63) is 0 Å². The van der Waals surface area contributed by atoms with Crippen LogP contribution in [0.1, 0.15) is 52.9 Å². The van der Waals surface area contributed by atoms with E-state index in [1.165, 1.54) is 38.8 Å². The van der Waals surface area contributed by atoms with Crippen LogP contribution in [0.4, 0.5) is 0 Å². The normalized spacial score (nSPS) is 30.4. The second kappa shape index (κ2) is 5.59. The molecule has 0 aromatic rings. The van der Waals surface area contributed by atoms with Gasteiger partial charge in [0, 0.05) is 18.6 Å². The molecule has 0 aromatic heterocycles. The van der Waals surface area contributed by atoms with Crippen LogP contribution in [0, 0.1) is 17.2 Å². The van der Waals surface area contributed by atoms with Crippen LogP contribution < -0.4 is 5.32 Å². The van der Waals surface area contributed by atoms with Gasteiger partial charge in [0.2, 0.25) is 0 Å². The largest absolute Gasteiger partial charge is 0.300 e. The molecule has 1 N–H and O–H groups in total. The van der Waals surface area contributed by atoms with E-state index in [1.54, 1.807) is 0 Å². The summed E-state index contributed by atoms with van der Waals surface area (Å²) in [5.74, 6) is 0.811. The van der Waals surface area contributed by atoms with Crippen molar-refractivity contribution >= 4 is 0 Å². The second-order valence-corrected chi connectivity index (χ2v) is 6.66. The molecule has 102 valence electrons. The van der Waals surface area contributed by atoms with Crippen LogP contribution in [0.5, 0.6) is 0 Å². The molecule has 18 heavy (non-hydrogen) atoms. The lowest BCUT2D eigenvalue weighted by Gasteiger charge is -2.38. The fourth-order valence-corrected chi connectivity index (χ4v) is 3.16. The molecule has 1 aliphatic carbocycles. The molecule has 3 unspecified atom stereocenters. The standard InChI is InChI=1S/C15H27N3/c1-12-5-4-8-18(10-12)13(2)9-15(3,11-16)17-14-6-7-14/h12-14,17H,4-10H2,1-3H3. The lowest BCUT2D eigenvalue weighted by molar-refractivity contribution is 0.119. The van der Waals surface area contributed by atoms with Crippen molar-refractivity contribution < 1.29 is 0 Å². The Labute approximate surface area is 112 Å². The predicted octanol–water partition coefficient (Wildman–Crippen LogP) is 2.53. The molecule has 1 aliphatic heterocycles. The molecule has 3 atom stereocenters. The molecule has 2 aliphatic rings. The van der Waals surface area contributed by atoms with Gasteiger partial charge in [0.15, 0.2) is 0 Å². The minimum Gasteiger partial charge on any atom is -0.300 e. The first kappa shape index (κ1) is 13.8. The molecule has 1 saturated carbocycles. The minimum atomic E-state index is -0.346. The summed E-state index contributed by atoms with van der Waals surface area (Å²) in [6.45, 7) is 9.09. The number of nitrogens with zero attached hydrogens (tertiary/aromatic N) is 2. The molecule has 1 heterocycles. The predicted molar refractivity (Wildman–Crippen MR) is 74.2 cm³/mol. The number of nitriles is 1. The van der Waals surface area contributed by atoms with Crippen LogP contribution in [-0.4, -0.2) is 35.6 Å². The van der Waals surface area contributed by atoms with E-state index in [4.69, 9.17) is 0 Å². The molecule has 0 amide bonds. The molecular formula is C15H27N3. The maximum Gasteiger partial charge on any atom is 0.105 e. The maximum absolute atomic E-state index is 9.43. The van der Waals surface area contributed by atoms with E-state index in [-0.39, 0.29) is 5.54 Å². The van der Waals surface area contributed by atoms with Crippen LogP contribution in [0.3, 0.4) is 0 Å². The summed E-state index contributed by atoms with van der Waals surface area (Å²) < 4.78 is 0. The van der Waals surface area contributed by atoms with Crippen molar-refractivity contribution in [3.8, 4) is 6.07 Å². The summed E-state index contributed by atoms with van der Waals surface area (Å²) in [5, 5.41) is 12.9. The molecule has 0 bridgehead atoms. The Hall–Kier alpha value is -0.590. The van der Waals surface area contributed by atoms with Crippen LogP contribution in [0.15, 0.2) is 0 Å². The molecule has 3 nitrogen and oxygen atoms in total. The van der Waals surface area contributed by atoms with E-state index in [9.17, 15) is 5.26 Å². The van der Waals surface area contributed by atoms with E-state index < -0.39 is 0 Å². The van der Waals surface area contributed by atoms with E-state index in [0.29, 0.717) is 12.1 Å². The summed E-state index contributed by atoms with van der Waals surface area (Å²) >= 11 is 0.